The van der Waals surface area contributed by atoms with Crippen LogP contribution < -0.4 is 10.0 Å². The molecule has 19 heavy (non-hydrogen) atoms. The van der Waals surface area contributed by atoms with Crippen molar-refractivity contribution in [1.29, 1.82) is 0 Å². The van der Waals surface area contributed by atoms with Crippen LogP contribution in [-0.2, 0) is 10.0 Å². The number of rotatable bonds is 7. The smallest absolute Gasteiger partial charge is 0.212 e. The van der Waals surface area contributed by atoms with Crippen molar-refractivity contribution in [2.45, 2.75) is 19.9 Å². The Hall–Kier alpha value is -0.330. The Kier molecular flexibility index (Phi) is 6.56. The minimum Gasteiger partial charge on any atom is -0.309 e. The molecule has 0 aliphatic heterocycles. The zero-order chi connectivity index (χ0) is 14.5. The highest BCUT2D eigenvalue weighted by Gasteiger charge is 2.11. The van der Waals surface area contributed by atoms with E-state index in [9.17, 15) is 8.42 Å². The lowest BCUT2D eigenvalue weighted by Crippen LogP contribution is -2.32. The molecular weight excluding hydrogens is 307 g/mol. The molecule has 0 heterocycles. The molecule has 0 radical (unpaired) electrons. The third kappa shape index (κ3) is 5.67. The Morgan fingerprint density at radius 1 is 1.26 bits per heavy atom. The van der Waals surface area contributed by atoms with E-state index >= 15 is 0 Å². The summed E-state index contributed by atoms with van der Waals surface area (Å²) in [6.45, 7) is 4.48. The summed E-state index contributed by atoms with van der Waals surface area (Å²) in [6, 6.07) is 5.38. The summed E-state index contributed by atoms with van der Waals surface area (Å²) in [5, 5.41) is 4.14. The molecule has 7 heteroatoms. The standard InChI is InChI=1S/C12H18Cl2N2O2S/c1-3-16-19(17,18)7-6-15-9(2)10-4-5-11(13)12(14)8-10/h4-5,8-9,15-16H,3,6-7H2,1-2H3. The predicted molar refractivity (Wildman–Crippen MR) is 80.3 cm³/mol. The zero-order valence-electron chi connectivity index (χ0n) is 10.9. The van der Waals surface area contributed by atoms with Crippen molar-refractivity contribution in [2.75, 3.05) is 18.8 Å². The van der Waals surface area contributed by atoms with E-state index in [2.05, 4.69) is 10.0 Å². The molecule has 0 saturated carbocycles. The molecule has 0 saturated heterocycles. The quantitative estimate of drug-likeness (QED) is 0.810. The number of benzene rings is 1. The summed E-state index contributed by atoms with van der Waals surface area (Å²) in [5.74, 6) is 0.0481. The van der Waals surface area contributed by atoms with Crippen LogP contribution in [0.25, 0.3) is 0 Å². The fourth-order valence-corrected chi connectivity index (χ4v) is 2.88. The van der Waals surface area contributed by atoms with Crippen LogP contribution in [0.15, 0.2) is 18.2 Å². The zero-order valence-corrected chi connectivity index (χ0v) is 13.2. The van der Waals surface area contributed by atoms with Crippen LogP contribution in [0, 0.1) is 0 Å². The summed E-state index contributed by atoms with van der Waals surface area (Å²) in [5.41, 5.74) is 0.968. The molecule has 4 nitrogen and oxygen atoms in total. The number of hydrogen-bond acceptors (Lipinski definition) is 3. The SMILES string of the molecule is CCNS(=O)(=O)CCNC(C)c1ccc(Cl)c(Cl)c1. The Labute approximate surface area is 124 Å². The minimum absolute atomic E-state index is 0.00610. The van der Waals surface area contributed by atoms with E-state index in [4.69, 9.17) is 23.2 Å². The summed E-state index contributed by atoms with van der Waals surface area (Å²) in [6.07, 6.45) is 0. The van der Waals surface area contributed by atoms with Crippen molar-refractivity contribution in [3.8, 4) is 0 Å². The molecule has 1 unspecified atom stereocenters. The maximum atomic E-state index is 11.5. The van der Waals surface area contributed by atoms with E-state index < -0.39 is 10.0 Å². The van der Waals surface area contributed by atoms with Crippen molar-refractivity contribution in [3.63, 3.8) is 0 Å². The predicted octanol–water partition coefficient (Wildman–Crippen LogP) is 2.58. The highest BCUT2D eigenvalue weighted by molar-refractivity contribution is 7.89. The van der Waals surface area contributed by atoms with E-state index in [1.54, 1.807) is 19.1 Å². The second-order valence-corrected chi connectivity index (χ2v) is 6.91. The van der Waals surface area contributed by atoms with Crippen LogP contribution in [0.4, 0.5) is 0 Å². The maximum Gasteiger partial charge on any atom is 0.212 e. The number of nitrogens with one attached hydrogen (secondary N) is 2. The van der Waals surface area contributed by atoms with Crippen molar-refractivity contribution in [2.24, 2.45) is 0 Å². The Morgan fingerprint density at radius 2 is 1.95 bits per heavy atom. The molecule has 0 aromatic heterocycles. The van der Waals surface area contributed by atoms with Crippen LogP contribution in [0.1, 0.15) is 25.5 Å². The lowest BCUT2D eigenvalue weighted by Gasteiger charge is -2.15. The van der Waals surface area contributed by atoms with E-state index in [1.807, 2.05) is 13.0 Å². The maximum absolute atomic E-state index is 11.5. The fourth-order valence-electron chi connectivity index (χ4n) is 1.60. The molecular formula is C12H18Cl2N2O2S. The first-order valence-corrected chi connectivity index (χ1v) is 8.42. The van der Waals surface area contributed by atoms with Gasteiger partial charge in [0.05, 0.1) is 15.8 Å². The van der Waals surface area contributed by atoms with Gasteiger partial charge in [-0.3, -0.25) is 0 Å². The molecule has 0 amide bonds. The van der Waals surface area contributed by atoms with Gasteiger partial charge in [-0.25, -0.2) is 13.1 Å². The Balaban J connectivity index is 2.51. The van der Waals surface area contributed by atoms with Crippen molar-refractivity contribution in [3.05, 3.63) is 33.8 Å². The first kappa shape index (κ1) is 16.7. The van der Waals surface area contributed by atoms with E-state index in [1.165, 1.54) is 0 Å². The van der Waals surface area contributed by atoms with Gasteiger partial charge in [0.25, 0.3) is 0 Å². The van der Waals surface area contributed by atoms with Gasteiger partial charge in [-0.2, -0.15) is 0 Å². The third-order valence-corrected chi connectivity index (χ3v) is 4.84. The molecule has 1 aromatic rings. The Morgan fingerprint density at radius 3 is 2.53 bits per heavy atom. The molecule has 2 N–H and O–H groups in total. The number of halogens is 2. The normalized spacial score (nSPS) is 13.5. The second kappa shape index (κ2) is 7.45. The van der Waals surface area contributed by atoms with Crippen molar-refractivity contribution >= 4 is 33.2 Å². The van der Waals surface area contributed by atoms with Gasteiger partial charge in [-0.15, -0.1) is 0 Å². The van der Waals surface area contributed by atoms with E-state index in [-0.39, 0.29) is 11.8 Å². The lowest BCUT2D eigenvalue weighted by atomic mass is 10.1. The fraction of sp³-hybridized carbons (Fsp3) is 0.500. The van der Waals surface area contributed by atoms with Gasteiger partial charge in [-0.1, -0.05) is 36.2 Å². The monoisotopic (exact) mass is 324 g/mol. The molecule has 0 aliphatic carbocycles. The lowest BCUT2D eigenvalue weighted by molar-refractivity contribution is 0.564. The van der Waals surface area contributed by atoms with E-state index in [0.717, 1.165) is 5.56 Å². The van der Waals surface area contributed by atoms with Crippen molar-refractivity contribution in [1.82, 2.24) is 10.0 Å². The van der Waals surface area contributed by atoms with Crippen LogP contribution >= 0.6 is 23.2 Å². The number of sulfonamides is 1. The molecule has 1 aromatic carbocycles. The molecule has 0 fully saturated rings. The molecule has 108 valence electrons. The Bertz CT molecular complexity index is 520. The molecule has 1 rings (SSSR count). The van der Waals surface area contributed by atoms with Crippen LogP contribution in [0.5, 0.6) is 0 Å². The summed E-state index contributed by atoms with van der Waals surface area (Å²) in [4.78, 5) is 0. The molecule has 0 bridgehead atoms. The number of hydrogen-bond donors (Lipinski definition) is 2. The topological polar surface area (TPSA) is 58.2 Å². The van der Waals surface area contributed by atoms with Gasteiger partial charge >= 0.3 is 0 Å². The molecule has 1 atom stereocenters. The molecule has 0 spiro atoms. The first-order valence-electron chi connectivity index (χ1n) is 6.01. The van der Waals surface area contributed by atoms with Crippen LogP contribution in [0.3, 0.4) is 0 Å². The minimum atomic E-state index is -3.18. The van der Waals surface area contributed by atoms with Crippen LogP contribution in [0.2, 0.25) is 10.0 Å². The van der Waals surface area contributed by atoms with Gasteiger partial charge in [0.1, 0.15) is 0 Å². The van der Waals surface area contributed by atoms with Gasteiger partial charge in [0.2, 0.25) is 10.0 Å². The van der Waals surface area contributed by atoms with Gasteiger partial charge < -0.3 is 5.32 Å². The second-order valence-electron chi connectivity index (χ2n) is 4.17. The van der Waals surface area contributed by atoms with Crippen molar-refractivity contribution < 1.29 is 8.42 Å². The summed E-state index contributed by atoms with van der Waals surface area (Å²) < 4.78 is 25.4. The van der Waals surface area contributed by atoms with Gasteiger partial charge in [0, 0.05) is 19.1 Å². The average Bonchev–Trinajstić information content (AvgIpc) is 2.32. The van der Waals surface area contributed by atoms with Gasteiger partial charge in [0.15, 0.2) is 0 Å². The van der Waals surface area contributed by atoms with Gasteiger partial charge in [-0.05, 0) is 24.6 Å². The average molecular weight is 325 g/mol. The summed E-state index contributed by atoms with van der Waals surface area (Å²) in [7, 11) is -3.18. The largest absolute Gasteiger partial charge is 0.309 e. The highest BCUT2D eigenvalue weighted by atomic mass is 35.5. The first-order chi connectivity index (χ1) is 8.85. The van der Waals surface area contributed by atoms with Crippen LogP contribution in [-0.4, -0.2) is 27.3 Å². The third-order valence-electron chi connectivity index (χ3n) is 2.63. The van der Waals surface area contributed by atoms with E-state index in [0.29, 0.717) is 23.1 Å². The molecule has 0 aliphatic rings. The highest BCUT2D eigenvalue weighted by Crippen LogP contribution is 2.25. The summed E-state index contributed by atoms with van der Waals surface area (Å²) >= 11 is 11.8.